The lowest BCUT2D eigenvalue weighted by Gasteiger charge is -2.37. The lowest BCUT2D eigenvalue weighted by atomic mass is 9.95. The van der Waals surface area contributed by atoms with Gasteiger partial charge in [0, 0.05) is 41.1 Å². The van der Waals surface area contributed by atoms with Gasteiger partial charge in [-0.15, -0.1) is 0 Å². The quantitative estimate of drug-likeness (QED) is 0.420. The highest BCUT2D eigenvalue weighted by Gasteiger charge is 2.47. The third-order valence-corrected chi connectivity index (χ3v) is 7.50. The van der Waals surface area contributed by atoms with Crippen LogP contribution in [0.2, 0.25) is 0 Å². The van der Waals surface area contributed by atoms with E-state index in [-0.39, 0.29) is 5.91 Å². The first-order chi connectivity index (χ1) is 17.5. The molecule has 1 atom stereocenters. The Morgan fingerprint density at radius 1 is 1.08 bits per heavy atom. The van der Waals surface area contributed by atoms with Crippen molar-refractivity contribution in [3.63, 3.8) is 0 Å². The summed E-state index contributed by atoms with van der Waals surface area (Å²) in [7, 11) is 2.11. The van der Waals surface area contributed by atoms with E-state index >= 15 is 0 Å². The van der Waals surface area contributed by atoms with Gasteiger partial charge >= 0.3 is 0 Å². The van der Waals surface area contributed by atoms with Crippen LogP contribution in [-0.4, -0.2) is 52.0 Å². The van der Waals surface area contributed by atoms with E-state index in [1.165, 1.54) is 0 Å². The maximum atomic E-state index is 13.6. The van der Waals surface area contributed by atoms with E-state index in [9.17, 15) is 4.79 Å². The summed E-state index contributed by atoms with van der Waals surface area (Å²) in [4.78, 5) is 29.3. The highest BCUT2D eigenvalue weighted by Crippen LogP contribution is 2.49. The zero-order chi connectivity index (χ0) is 24.7. The van der Waals surface area contributed by atoms with Crippen molar-refractivity contribution in [2.45, 2.75) is 37.8 Å². The molecule has 1 saturated carbocycles. The highest BCUT2D eigenvalue weighted by molar-refractivity contribution is 5.98. The second-order valence-corrected chi connectivity index (χ2v) is 9.91. The minimum Gasteiger partial charge on any atom is -0.492 e. The average molecular weight is 480 g/mol. The van der Waals surface area contributed by atoms with E-state index < -0.39 is 5.54 Å². The molecule has 0 spiro atoms. The molecule has 1 saturated heterocycles. The predicted molar refractivity (Wildman–Crippen MR) is 139 cm³/mol. The van der Waals surface area contributed by atoms with Crippen LogP contribution in [0.5, 0.6) is 5.75 Å². The van der Waals surface area contributed by atoms with E-state index in [1.54, 1.807) is 24.7 Å². The summed E-state index contributed by atoms with van der Waals surface area (Å²) < 4.78 is 6.04. The molecule has 3 heterocycles. The Hall–Kier alpha value is -3.84. The molecule has 182 valence electrons. The SMILES string of the molecule is Cc1ccc(OC[C@@H]2CCN2C)cc1C(=O)NC1(c2cc(-c3ncccn3)cc3ncccc23)CC1. The van der Waals surface area contributed by atoms with Crippen LogP contribution in [0.15, 0.2) is 67.1 Å². The molecule has 2 fully saturated rings. The number of ether oxygens (including phenoxy) is 1. The van der Waals surface area contributed by atoms with Crippen molar-refractivity contribution in [2.75, 3.05) is 20.2 Å². The smallest absolute Gasteiger partial charge is 0.252 e. The Labute approximate surface area is 210 Å². The first-order valence-electron chi connectivity index (χ1n) is 12.5. The molecule has 0 radical (unpaired) electrons. The molecule has 6 rings (SSSR count). The van der Waals surface area contributed by atoms with E-state index in [0.29, 0.717) is 24.0 Å². The van der Waals surface area contributed by atoms with Crippen molar-refractivity contribution in [1.29, 1.82) is 0 Å². The van der Waals surface area contributed by atoms with Crippen molar-refractivity contribution in [3.05, 3.63) is 83.8 Å². The number of aryl methyl sites for hydroxylation is 1. The normalized spacial score (nSPS) is 18.4. The molecule has 1 aliphatic heterocycles. The molecule has 1 amide bonds. The number of carbonyl (C=O) groups is 1. The number of carbonyl (C=O) groups excluding carboxylic acids is 1. The van der Waals surface area contributed by atoms with E-state index in [1.807, 2.05) is 37.3 Å². The summed E-state index contributed by atoms with van der Waals surface area (Å²) in [6.45, 7) is 3.71. The molecule has 2 aromatic carbocycles. The Kier molecular flexibility index (Phi) is 5.64. The number of hydrogen-bond donors (Lipinski definition) is 1. The molecule has 2 aromatic heterocycles. The van der Waals surface area contributed by atoms with E-state index in [0.717, 1.165) is 59.2 Å². The van der Waals surface area contributed by atoms with Gasteiger partial charge in [-0.2, -0.15) is 0 Å². The van der Waals surface area contributed by atoms with Gasteiger partial charge in [-0.25, -0.2) is 9.97 Å². The molecule has 2 aliphatic rings. The van der Waals surface area contributed by atoms with E-state index in [2.05, 4.69) is 44.3 Å². The Morgan fingerprint density at radius 2 is 1.89 bits per heavy atom. The first-order valence-corrected chi connectivity index (χ1v) is 12.5. The van der Waals surface area contributed by atoms with Gasteiger partial charge in [0.1, 0.15) is 12.4 Å². The minimum atomic E-state index is -0.443. The number of benzene rings is 2. The number of nitrogens with zero attached hydrogens (tertiary/aromatic N) is 4. The molecule has 1 N–H and O–H groups in total. The average Bonchev–Trinajstić information content (AvgIpc) is 3.68. The van der Waals surface area contributed by atoms with Crippen LogP contribution in [0, 0.1) is 6.92 Å². The van der Waals surface area contributed by atoms with Crippen LogP contribution in [0.4, 0.5) is 0 Å². The molecule has 0 bridgehead atoms. The molecule has 1 aliphatic carbocycles. The standard InChI is InChI=1S/C29H29N5O2/c1-19-6-7-22(36-18-21-8-14-34(21)2)17-24(19)28(35)33-29(9-10-29)25-15-20(27-31-12-4-13-32-27)16-26-23(25)5-3-11-30-26/h3-7,11-13,15-17,21H,8-10,14,18H2,1-2H3,(H,33,35)/t21-/m0/s1. The Bertz CT molecular complexity index is 1430. The fourth-order valence-electron chi connectivity index (χ4n) is 4.94. The molecular formula is C29H29N5O2. The van der Waals surface area contributed by atoms with Crippen molar-refractivity contribution in [1.82, 2.24) is 25.2 Å². The van der Waals surface area contributed by atoms with Crippen LogP contribution in [0.25, 0.3) is 22.3 Å². The summed E-state index contributed by atoms with van der Waals surface area (Å²) >= 11 is 0. The number of hydrogen-bond acceptors (Lipinski definition) is 6. The fraction of sp³-hybridized carbons (Fsp3) is 0.310. The summed E-state index contributed by atoms with van der Waals surface area (Å²) in [5.41, 5.74) is 3.94. The number of amides is 1. The van der Waals surface area contributed by atoms with Crippen molar-refractivity contribution in [3.8, 4) is 17.1 Å². The number of likely N-dealkylation sites (N-methyl/N-ethyl adjacent to an activating group) is 1. The Morgan fingerprint density at radius 3 is 2.61 bits per heavy atom. The van der Waals surface area contributed by atoms with Crippen LogP contribution < -0.4 is 10.1 Å². The van der Waals surface area contributed by atoms with Gasteiger partial charge in [-0.1, -0.05) is 12.1 Å². The number of rotatable bonds is 7. The molecule has 0 unspecified atom stereocenters. The van der Waals surface area contributed by atoms with E-state index in [4.69, 9.17) is 4.74 Å². The highest BCUT2D eigenvalue weighted by atomic mass is 16.5. The lowest BCUT2D eigenvalue weighted by molar-refractivity contribution is 0.0767. The summed E-state index contributed by atoms with van der Waals surface area (Å²) in [6, 6.07) is 16.1. The summed E-state index contributed by atoms with van der Waals surface area (Å²) in [5, 5.41) is 4.40. The Balaban J connectivity index is 1.30. The molecular weight excluding hydrogens is 450 g/mol. The maximum absolute atomic E-state index is 13.6. The second-order valence-electron chi connectivity index (χ2n) is 9.91. The predicted octanol–water partition coefficient (Wildman–Crippen LogP) is 4.50. The van der Waals surface area contributed by atoms with Gasteiger partial charge in [0.15, 0.2) is 5.82 Å². The third kappa shape index (κ3) is 4.20. The van der Waals surface area contributed by atoms with Crippen LogP contribution in [0.1, 0.15) is 40.7 Å². The maximum Gasteiger partial charge on any atom is 0.252 e. The second kappa shape index (κ2) is 8.99. The molecule has 7 nitrogen and oxygen atoms in total. The minimum absolute atomic E-state index is 0.0883. The third-order valence-electron chi connectivity index (χ3n) is 7.50. The van der Waals surface area contributed by atoms with Crippen molar-refractivity contribution >= 4 is 16.8 Å². The number of nitrogens with one attached hydrogen (secondary N) is 1. The number of pyridine rings is 1. The first kappa shape index (κ1) is 22.6. The van der Waals surface area contributed by atoms with Crippen molar-refractivity contribution < 1.29 is 9.53 Å². The topological polar surface area (TPSA) is 80.2 Å². The summed E-state index contributed by atoms with van der Waals surface area (Å²) in [5.74, 6) is 1.29. The van der Waals surface area contributed by atoms with Gasteiger partial charge < -0.3 is 10.1 Å². The van der Waals surface area contributed by atoms with Crippen LogP contribution in [0.3, 0.4) is 0 Å². The van der Waals surface area contributed by atoms with Gasteiger partial charge in [0.2, 0.25) is 0 Å². The van der Waals surface area contributed by atoms with Crippen LogP contribution in [-0.2, 0) is 5.54 Å². The number of likely N-dealkylation sites (tertiary alicyclic amines) is 1. The zero-order valence-electron chi connectivity index (χ0n) is 20.6. The largest absolute Gasteiger partial charge is 0.492 e. The van der Waals surface area contributed by atoms with Gasteiger partial charge in [0.25, 0.3) is 5.91 Å². The zero-order valence-corrected chi connectivity index (χ0v) is 20.6. The van der Waals surface area contributed by atoms with Gasteiger partial charge in [-0.3, -0.25) is 14.7 Å². The van der Waals surface area contributed by atoms with Crippen molar-refractivity contribution in [2.24, 2.45) is 0 Å². The molecule has 7 heteroatoms. The summed E-state index contributed by atoms with van der Waals surface area (Å²) in [6.07, 6.45) is 8.14. The number of fused-ring (bicyclic) bond motifs is 1. The monoisotopic (exact) mass is 479 g/mol. The molecule has 4 aromatic rings. The number of aromatic nitrogens is 3. The van der Waals surface area contributed by atoms with Crippen LogP contribution >= 0.6 is 0 Å². The lowest BCUT2D eigenvalue weighted by Crippen LogP contribution is -2.48. The van der Waals surface area contributed by atoms with Gasteiger partial charge in [-0.05, 0) is 87.3 Å². The van der Waals surface area contributed by atoms with Gasteiger partial charge in [0.05, 0.1) is 11.1 Å². The fourth-order valence-corrected chi connectivity index (χ4v) is 4.94. The molecule has 36 heavy (non-hydrogen) atoms.